The van der Waals surface area contributed by atoms with Gasteiger partial charge in [-0.05, 0) is 30.7 Å². The molecule has 0 aliphatic rings. The zero-order valence-corrected chi connectivity index (χ0v) is 15.6. The SMILES string of the molecule is CN(C)/C=N/S(=O)(=O)c1nnc(-c2ccc(OCCCCl)cc2)s1. The maximum Gasteiger partial charge on any atom is 0.312 e. The molecule has 1 heterocycles. The number of benzene rings is 1. The van der Waals surface area contributed by atoms with Crippen LogP contribution in [0.4, 0.5) is 0 Å². The van der Waals surface area contributed by atoms with Crippen molar-refractivity contribution >= 4 is 39.3 Å². The molecule has 2 aromatic rings. The first kappa shape index (κ1) is 18.6. The number of alkyl halides is 1. The summed E-state index contributed by atoms with van der Waals surface area (Å²) in [7, 11) is -0.466. The van der Waals surface area contributed by atoms with Crippen LogP contribution in [0.15, 0.2) is 33.0 Å². The van der Waals surface area contributed by atoms with Crippen LogP contribution < -0.4 is 4.74 Å². The molecule has 7 nitrogen and oxygen atoms in total. The second-order valence-electron chi connectivity index (χ2n) is 4.95. The average molecular weight is 389 g/mol. The van der Waals surface area contributed by atoms with Gasteiger partial charge in [-0.3, -0.25) is 0 Å². The molecule has 2 rings (SSSR count). The van der Waals surface area contributed by atoms with Crippen molar-refractivity contribution in [3.63, 3.8) is 0 Å². The van der Waals surface area contributed by atoms with Gasteiger partial charge in [0.05, 0.1) is 6.61 Å². The quantitative estimate of drug-likeness (QED) is 0.299. The lowest BCUT2D eigenvalue weighted by molar-refractivity contribution is 0.318. The number of hydrogen-bond acceptors (Lipinski definition) is 6. The Morgan fingerprint density at radius 3 is 2.62 bits per heavy atom. The maximum atomic E-state index is 12.0. The standard InChI is InChI=1S/C14H17ClN4O3S2/c1-19(2)10-16-24(20,21)14-18-17-13(23-14)11-4-6-12(7-5-11)22-9-3-8-15/h4-7,10H,3,8-9H2,1-2H3/b16-10+. The van der Waals surface area contributed by atoms with E-state index in [1.54, 1.807) is 38.4 Å². The third-order valence-electron chi connectivity index (χ3n) is 2.69. The van der Waals surface area contributed by atoms with Crippen molar-refractivity contribution in [1.29, 1.82) is 0 Å². The highest BCUT2D eigenvalue weighted by Crippen LogP contribution is 2.28. The molecule has 0 atom stereocenters. The molecule has 0 saturated heterocycles. The number of aromatic nitrogens is 2. The molecule has 24 heavy (non-hydrogen) atoms. The van der Waals surface area contributed by atoms with Crippen LogP contribution in [-0.2, 0) is 10.0 Å². The Hall–Kier alpha value is -1.71. The van der Waals surface area contributed by atoms with Gasteiger partial charge in [0.1, 0.15) is 17.1 Å². The van der Waals surface area contributed by atoms with E-state index in [0.29, 0.717) is 17.5 Å². The Balaban J connectivity index is 2.13. The fourth-order valence-electron chi connectivity index (χ4n) is 1.57. The van der Waals surface area contributed by atoms with Crippen LogP contribution in [0.25, 0.3) is 10.6 Å². The molecule has 0 aliphatic carbocycles. The van der Waals surface area contributed by atoms with Gasteiger partial charge in [0.25, 0.3) is 4.34 Å². The average Bonchev–Trinajstić information content (AvgIpc) is 3.05. The van der Waals surface area contributed by atoms with Gasteiger partial charge < -0.3 is 9.64 Å². The molecular weight excluding hydrogens is 372 g/mol. The van der Waals surface area contributed by atoms with Crippen molar-refractivity contribution < 1.29 is 13.2 Å². The van der Waals surface area contributed by atoms with Gasteiger partial charge in [-0.25, -0.2) is 0 Å². The summed E-state index contributed by atoms with van der Waals surface area (Å²) >= 11 is 6.57. The minimum atomic E-state index is -3.83. The summed E-state index contributed by atoms with van der Waals surface area (Å²) in [5.41, 5.74) is 0.759. The van der Waals surface area contributed by atoms with Crippen molar-refractivity contribution in [2.24, 2.45) is 4.40 Å². The van der Waals surface area contributed by atoms with Gasteiger partial charge in [0.2, 0.25) is 0 Å². The number of ether oxygens (including phenoxy) is 1. The molecule has 130 valence electrons. The second-order valence-corrected chi connectivity index (χ2v) is 8.11. The predicted octanol–water partition coefficient (Wildman–Crippen LogP) is 2.49. The van der Waals surface area contributed by atoms with Crippen molar-refractivity contribution in [2.45, 2.75) is 10.8 Å². The minimum Gasteiger partial charge on any atom is -0.494 e. The topological polar surface area (TPSA) is 84.8 Å². The van der Waals surface area contributed by atoms with Crippen LogP contribution in [0.3, 0.4) is 0 Å². The normalized spacial score (nSPS) is 11.8. The maximum absolute atomic E-state index is 12.0. The molecule has 10 heteroatoms. The summed E-state index contributed by atoms with van der Waals surface area (Å²) in [5.74, 6) is 1.27. The van der Waals surface area contributed by atoms with Crippen LogP contribution in [0, 0.1) is 0 Å². The first-order valence-corrected chi connectivity index (χ1v) is 9.81. The van der Waals surface area contributed by atoms with Crippen molar-refractivity contribution in [3.8, 4) is 16.3 Å². The fourth-order valence-corrected chi connectivity index (χ4v) is 3.60. The van der Waals surface area contributed by atoms with E-state index in [4.69, 9.17) is 16.3 Å². The Labute approximate surface area is 150 Å². The molecule has 0 saturated carbocycles. The van der Waals surface area contributed by atoms with Gasteiger partial charge in [-0.1, -0.05) is 11.3 Å². The zero-order valence-electron chi connectivity index (χ0n) is 13.2. The fraction of sp³-hybridized carbons (Fsp3) is 0.357. The predicted molar refractivity (Wildman–Crippen MR) is 95.5 cm³/mol. The van der Waals surface area contributed by atoms with Crippen molar-refractivity contribution in [2.75, 3.05) is 26.6 Å². The van der Waals surface area contributed by atoms with Crippen LogP contribution in [0.1, 0.15) is 6.42 Å². The molecule has 0 N–H and O–H groups in total. The van der Waals surface area contributed by atoms with E-state index in [1.807, 2.05) is 0 Å². The van der Waals surface area contributed by atoms with E-state index in [2.05, 4.69) is 14.6 Å². The summed E-state index contributed by atoms with van der Waals surface area (Å²) < 4.78 is 33.0. The smallest absolute Gasteiger partial charge is 0.312 e. The molecule has 0 spiro atoms. The number of nitrogens with zero attached hydrogens (tertiary/aromatic N) is 4. The number of sulfonamides is 1. The summed E-state index contributed by atoms with van der Waals surface area (Å²) in [6.45, 7) is 0.550. The van der Waals surface area contributed by atoms with E-state index >= 15 is 0 Å². The summed E-state index contributed by atoms with van der Waals surface area (Å²) in [6.07, 6.45) is 1.98. The lowest BCUT2D eigenvalue weighted by atomic mass is 10.2. The summed E-state index contributed by atoms with van der Waals surface area (Å²) in [6, 6.07) is 7.19. The molecule has 0 amide bonds. The Morgan fingerprint density at radius 1 is 1.29 bits per heavy atom. The minimum absolute atomic E-state index is 0.141. The molecule has 1 aromatic heterocycles. The monoisotopic (exact) mass is 388 g/mol. The number of rotatable bonds is 8. The molecular formula is C14H17ClN4O3S2. The Kier molecular flexibility index (Phi) is 6.52. The van der Waals surface area contributed by atoms with Gasteiger partial charge >= 0.3 is 10.0 Å². The third kappa shape index (κ3) is 5.15. The Bertz CT molecular complexity index is 789. The molecule has 0 radical (unpaired) electrons. The van der Waals surface area contributed by atoms with Crippen molar-refractivity contribution in [1.82, 2.24) is 15.1 Å². The number of hydrogen-bond donors (Lipinski definition) is 0. The van der Waals surface area contributed by atoms with Crippen LogP contribution in [-0.4, -0.2) is 56.4 Å². The first-order valence-electron chi connectivity index (χ1n) is 7.02. The van der Waals surface area contributed by atoms with Crippen LogP contribution in [0.5, 0.6) is 5.75 Å². The summed E-state index contributed by atoms with van der Waals surface area (Å²) in [4.78, 5) is 1.53. The second kappa shape index (κ2) is 8.41. The molecule has 1 aromatic carbocycles. The van der Waals surface area contributed by atoms with E-state index in [9.17, 15) is 8.42 Å². The summed E-state index contributed by atoms with van der Waals surface area (Å²) in [5, 5.41) is 8.16. The van der Waals surface area contributed by atoms with Gasteiger partial charge in [-0.2, -0.15) is 8.42 Å². The van der Waals surface area contributed by atoms with Gasteiger partial charge in [0, 0.05) is 25.5 Å². The van der Waals surface area contributed by atoms with E-state index < -0.39 is 10.0 Å². The largest absolute Gasteiger partial charge is 0.494 e. The number of halogens is 1. The van der Waals surface area contributed by atoms with Gasteiger partial charge in [0.15, 0.2) is 0 Å². The highest BCUT2D eigenvalue weighted by Gasteiger charge is 2.19. The lowest BCUT2D eigenvalue weighted by Gasteiger charge is -2.04. The Morgan fingerprint density at radius 2 is 2.00 bits per heavy atom. The lowest BCUT2D eigenvalue weighted by Crippen LogP contribution is -2.10. The van der Waals surface area contributed by atoms with Crippen LogP contribution >= 0.6 is 22.9 Å². The molecule has 0 aliphatic heterocycles. The molecule has 0 bridgehead atoms. The molecule has 0 unspecified atom stereocenters. The third-order valence-corrected chi connectivity index (χ3v) is 5.50. The van der Waals surface area contributed by atoms with Crippen LogP contribution in [0.2, 0.25) is 0 Å². The van der Waals surface area contributed by atoms with E-state index in [1.165, 1.54) is 11.2 Å². The zero-order chi connectivity index (χ0) is 17.6. The van der Waals surface area contributed by atoms with E-state index in [-0.39, 0.29) is 4.34 Å². The molecule has 0 fully saturated rings. The highest BCUT2D eigenvalue weighted by molar-refractivity contribution is 7.92. The van der Waals surface area contributed by atoms with Gasteiger partial charge in [-0.15, -0.1) is 26.2 Å². The highest BCUT2D eigenvalue weighted by atomic mass is 35.5. The van der Waals surface area contributed by atoms with E-state index in [0.717, 1.165) is 29.1 Å². The van der Waals surface area contributed by atoms with Crippen molar-refractivity contribution in [3.05, 3.63) is 24.3 Å². The first-order chi connectivity index (χ1) is 11.4.